The van der Waals surface area contributed by atoms with Crippen LogP contribution >= 0.6 is 15.6 Å². The highest BCUT2D eigenvalue weighted by Gasteiger charge is 2.30. The number of ether oxygens (including phenoxy) is 4. The van der Waals surface area contributed by atoms with Crippen molar-refractivity contribution in [2.75, 3.05) is 39.6 Å². The summed E-state index contributed by atoms with van der Waals surface area (Å²) < 4.78 is 68.4. The smallest absolute Gasteiger partial charge is 0.462 e. The zero-order valence-corrected chi connectivity index (χ0v) is 63.8. The third-order valence-corrected chi connectivity index (χ3v) is 19.6. The molecule has 0 bridgehead atoms. The van der Waals surface area contributed by atoms with E-state index in [2.05, 4.69) is 41.5 Å². The number of phosphoric ester groups is 2. The van der Waals surface area contributed by atoms with Gasteiger partial charge in [0.15, 0.2) is 12.2 Å². The van der Waals surface area contributed by atoms with E-state index in [0.717, 1.165) is 96.3 Å². The average Bonchev–Trinajstić information content (AvgIpc) is 1.43. The molecule has 0 spiro atoms. The van der Waals surface area contributed by atoms with Crippen LogP contribution < -0.4 is 0 Å². The van der Waals surface area contributed by atoms with Crippen LogP contribution in [0.4, 0.5) is 0 Å². The molecule has 17 nitrogen and oxygen atoms in total. The van der Waals surface area contributed by atoms with Crippen molar-refractivity contribution >= 4 is 39.5 Å². The van der Waals surface area contributed by atoms with Crippen molar-refractivity contribution in [3.8, 4) is 0 Å². The van der Waals surface area contributed by atoms with E-state index >= 15 is 0 Å². The van der Waals surface area contributed by atoms with Crippen molar-refractivity contribution in [2.45, 2.75) is 413 Å². The van der Waals surface area contributed by atoms with Crippen LogP contribution in [0.15, 0.2) is 0 Å². The molecule has 0 aliphatic heterocycles. The van der Waals surface area contributed by atoms with Gasteiger partial charge in [0.2, 0.25) is 0 Å². The first-order valence-corrected chi connectivity index (χ1v) is 42.5. The molecule has 0 aliphatic rings. The summed E-state index contributed by atoms with van der Waals surface area (Å²) in [4.78, 5) is 72.7. The number of hydrogen-bond donors (Lipinski definition) is 3. The van der Waals surface area contributed by atoms with Crippen molar-refractivity contribution in [3.05, 3.63) is 0 Å². The van der Waals surface area contributed by atoms with Gasteiger partial charge in [-0.15, -0.1) is 0 Å². The Kier molecular flexibility index (Phi) is 66.5. The quantitative estimate of drug-likeness (QED) is 0.0222. The number of aliphatic hydroxyl groups excluding tert-OH is 1. The van der Waals surface area contributed by atoms with Gasteiger partial charge in [0.05, 0.1) is 26.4 Å². The van der Waals surface area contributed by atoms with Crippen molar-refractivity contribution in [1.82, 2.24) is 0 Å². The van der Waals surface area contributed by atoms with E-state index in [-0.39, 0.29) is 25.7 Å². The molecule has 0 aromatic rings. The minimum absolute atomic E-state index is 0.103. The fourth-order valence-corrected chi connectivity index (χ4v) is 13.2. The van der Waals surface area contributed by atoms with Gasteiger partial charge in [0, 0.05) is 25.7 Å². The van der Waals surface area contributed by atoms with Gasteiger partial charge in [0.25, 0.3) is 0 Å². The van der Waals surface area contributed by atoms with Gasteiger partial charge in [-0.05, 0) is 37.5 Å². The maximum absolute atomic E-state index is 13.1. The minimum atomic E-state index is -4.96. The number of phosphoric acid groups is 2. The molecule has 0 rings (SSSR count). The predicted molar refractivity (Wildman–Crippen MR) is 386 cm³/mol. The molecule has 0 heterocycles. The number of aliphatic hydroxyl groups is 1. The fraction of sp³-hybridized carbons (Fsp3) is 0.947. The predicted octanol–water partition coefficient (Wildman–Crippen LogP) is 22.3. The van der Waals surface area contributed by atoms with Gasteiger partial charge in [-0.1, -0.05) is 343 Å². The van der Waals surface area contributed by atoms with Crippen LogP contribution in [-0.2, 0) is 65.4 Å². The van der Waals surface area contributed by atoms with Gasteiger partial charge < -0.3 is 33.8 Å². The van der Waals surface area contributed by atoms with E-state index in [1.54, 1.807) is 0 Å². The van der Waals surface area contributed by atoms with Crippen LogP contribution in [0, 0.1) is 11.8 Å². The van der Waals surface area contributed by atoms with E-state index in [1.807, 2.05) is 0 Å². The monoisotopic (exact) mass is 1400 g/mol. The van der Waals surface area contributed by atoms with Crippen LogP contribution in [0.5, 0.6) is 0 Å². The third kappa shape index (κ3) is 70.3. The molecule has 5 atom stereocenters. The normalized spacial score (nSPS) is 14.0. The third-order valence-electron chi connectivity index (χ3n) is 17.7. The summed E-state index contributed by atoms with van der Waals surface area (Å²) in [6.45, 7) is 9.44. The van der Waals surface area contributed by atoms with E-state index in [9.17, 15) is 43.2 Å². The highest BCUT2D eigenvalue weighted by atomic mass is 31.2. The standard InChI is InChI=1S/C76H148O17P2/c1-7-9-11-13-15-17-19-21-23-25-27-29-31-33-35-39-46-52-58-73(78)86-64-71(92-75(80)60-54-48-40-36-34-32-30-28-26-24-22-20-18-16-14-12-10-8-2)66-90-94(82,83)88-62-70(77)63-89-95(84,85)91-67-72(65-87-74(79)59-53-47-43-42-45-51-57-69(5)6)93-76(81)61-55-49-41-37-38-44-50-56-68(3)4/h68-72,77H,7-67H2,1-6H3,(H,82,83)(H,84,85)/t70-,71-,72-/m1/s1. The highest BCUT2D eigenvalue weighted by Crippen LogP contribution is 2.45. The fourth-order valence-electron chi connectivity index (χ4n) is 11.7. The summed E-state index contributed by atoms with van der Waals surface area (Å²) in [5, 5.41) is 10.6. The first kappa shape index (κ1) is 93.1. The molecular formula is C76H148O17P2. The first-order valence-electron chi connectivity index (χ1n) is 39.5. The molecule has 19 heteroatoms. The second-order valence-corrected chi connectivity index (χ2v) is 31.3. The lowest BCUT2D eigenvalue weighted by molar-refractivity contribution is -0.161. The Morgan fingerprint density at radius 2 is 0.484 bits per heavy atom. The van der Waals surface area contributed by atoms with Gasteiger partial charge in [-0.25, -0.2) is 9.13 Å². The van der Waals surface area contributed by atoms with E-state index in [0.29, 0.717) is 37.5 Å². The second kappa shape index (κ2) is 67.9. The van der Waals surface area contributed by atoms with Gasteiger partial charge in [-0.2, -0.15) is 0 Å². The lowest BCUT2D eigenvalue weighted by Gasteiger charge is -2.21. The molecule has 2 unspecified atom stereocenters. The minimum Gasteiger partial charge on any atom is -0.462 e. The summed E-state index contributed by atoms with van der Waals surface area (Å²) in [6.07, 6.45) is 55.9. The first-order chi connectivity index (χ1) is 45.9. The number of esters is 4. The zero-order chi connectivity index (χ0) is 70.0. The van der Waals surface area contributed by atoms with Crippen molar-refractivity contribution in [1.29, 1.82) is 0 Å². The maximum atomic E-state index is 13.1. The molecule has 0 fully saturated rings. The van der Waals surface area contributed by atoms with Crippen LogP contribution in [0.1, 0.15) is 395 Å². The molecule has 0 amide bonds. The van der Waals surface area contributed by atoms with Crippen LogP contribution in [0.25, 0.3) is 0 Å². The number of carbonyl (C=O) groups is 4. The summed E-state index contributed by atoms with van der Waals surface area (Å²) in [5.74, 6) is -0.745. The molecule has 3 N–H and O–H groups in total. The molecule has 0 aromatic heterocycles. The van der Waals surface area contributed by atoms with Crippen molar-refractivity contribution < 1.29 is 80.2 Å². The van der Waals surface area contributed by atoms with E-state index < -0.39 is 97.5 Å². The summed E-state index contributed by atoms with van der Waals surface area (Å²) in [7, 11) is -9.91. The Morgan fingerprint density at radius 3 is 0.716 bits per heavy atom. The Balaban J connectivity index is 5.20. The van der Waals surface area contributed by atoms with Gasteiger partial charge in [-0.3, -0.25) is 37.3 Å². The molecule has 0 saturated heterocycles. The van der Waals surface area contributed by atoms with Crippen molar-refractivity contribution in [2.24, 2.45) is 11.8 Å². The van der Waals surface area contributed by atoms with Crippen LogP contribution in [0.2, 0.25) is 0 Å². The Labute approximate surface area is 581 Å². The average molecular weight is 1400 g/mol. The Morgan fingerprint density at radius 1 is 0.284 bits per heavy atom. The molecule has 0 aromatic carbocycles. The van der Waals surface area contributed by atoms with E-state index in [1.165, 1.54) is 205 Å². The van der Waals surface area contributed by atoms with Gasteiger partial charge >= 0.3 is 39.5 Å². The topological polar surface area (TPSA) is 237 Å². The van der Waals surface area contributed by atoms with E-state index in [4.69, 9.17) is 37.0 Å². The Hall–Kier alpha value is -1.94. The summed E-state index contributed by atoms with van der Waals surface area (Å²) >= 11 is 0. The SMILES string of the molecule is CCCCCCCCCCCCCCCCCCCCC(=O)OC[C@H](COP(=O)(O)OC[C@@H](O)COP(=O)(O)OC[C@@H](COC(=O)CCCCCCCCC(C)C)OC(=O)CCCCCCCCCC(C)C)OC(=O)CCCCCCCCCCCCCCCCCCCC. The summed E-state index contributed by atoms with van der Waals surface area (Å²) in [6, 6.07) is 0. The zero-order valence-electron chi connectivity index (χ0n) is 62.0. The molecule has 0 aliphatic carbocycles. The highest BCUT2D eigenvalue weighted by molar-refractivity contribution is 7.47. The van der Waals surface area contributed by atoms with Crippen molar-refractivity contribution in [3.63, 3.8) is 0 Å². The Bertz CT molecular complexity index is 1840. The maximum Gasteiger partial charge on any atom is 0.472 e. The molecule has 0 saturated carbocycles. The van der Waals surface area contributed by atoms with Gasteiger partial charge in [0.1, 0.15) is 19.3 Å². The van der Waals surface area contributed by atoms with Crippen LogP contribution in [0.3, 0.4) is 0 Å². The second-order valence-electron chi connectivity index (χ2n) is 28.3. The lowest BCUT2D eigenvalue weighted by atomic mass is 10.0. The molecule has 95 heavy (non-hydrogen) atoms. The largest absolute Gasteiger partial charge is 0.472 e. The number of unbranched alkanes of at least 4 members (excludes halogenated alkanes) is 45. The molecule has 0 radical (unpaired) electrons. The van der Waals surface area contributed by atoms with Crippen LogP contribution in [-0.4, -0.2) is 96.7 Å². The number of carbonyl (C=O) groups excluding carboxylic acids is 4. The molecular weight excluding hydrogens is 1250 g/mol. The summed E-state index contributed by atoms with van der Waals surface area (Å²) in [5.41, 5.74) is 0. The number of rotatable bonds is 75. The molecule has 564 valence electrons. The number of hydrogen-bond acceptors (Lipinski definition) is 15. The lowest BCUT2D eigenvalue weighted by Crippen LogP contribution is -2.30.